The second-order valence-corrected chi connectivity index (χ2v) is 10.1. The molecule has 0 aliphatic heterocycles. The molecule has 36 heavy (non-hydrogen) atoms. The maximum Gasteiger partial charge on any atom is 0.163 e. The van der Waals surface area contributed by atoms with Crippen LogP contribution >= 0.6 is 0 Å². The summed E-state index contributed by atoms with van der Waals surface area (Å²) < 4.78 is 16.8. The zero-order valence-corrected chi connectivity index (χ0v) is 20.8. The second-order valence-electron chi connectivity index (χ2n) is 10.1. The minimum atomic E-state index is -0.349. The number of rotatable bonds is 6. The van der Waals surface area contributed by atoms with E-state index in [-0.39, 0.29) is 23.4 Å². The van der Waals surface area contributed by atoms with Crippen molar-refractivity contribution in [2.45, 2.75) is 39.0 Å². The lowest BCUT2D eigenvalue weighted by molar-refractivity contribution is 0.0982. The molecule has 5 rings (SSSR count). The third kappa shape index (κ3) is 4.69. The number of nitrogens with one attached hydrogen (secondary N) is 1. The van der Waals surface area contributed by atoms with Gasteiger partial charge in [0.25, 0.3) is 0 Å². The van der Waals surface area contributed by atoms with Crippen LogP contribution in [-0.4, -0.2) is 30.5 Å². The quantitative estimate of drug-likeness (QED) is 0.290. The van der Waals surface area contributed by atoms with E-state index in [9.17, 15) is 4.79 Å². The van der Waals surface area contributed by atoms with E-state index in [0.717, 1.165) is 16.6 Å². The molecule has 1 N–H and O–H groups in total. The first-order valence-corrected chi connectivity index (χ1v) is 11.9. The Morgan fingerprint density at radius 2 is 1.81 bits per heavy atom. The molecule has 0 aliphatic rings. The van der Waals surface area contributed by atoms with Gasteiger partial charge in [-0.2, -0.15) is 5.10 Å². The Morgan fingerprint density at radius 1 is 1.03 bits per heavy atom. The van der Waals surface area contributed by atoms with Crippen molar-refractivity contribution in [2.24, 2.45) is 7.05 Å². The molecule has 3 aromatic heterocycles. The highest BCUT2D eigenvalue weighted by Crippen LogP contribution is 2.31. The van der Waals surface area contributed by atoms with Crippen molar-refractivity contribution in [3.63, 3.8) is 0 Å². The fourth-order valence-corrected chi connectivity index (χ4v) is 4.33. The molecule has 7 heteroatoms. The summed E-state index contributed by atoms with van der Waals surface area (Å²) in [7, 11) is 1.86. The molecule has 2 aromatic carbocycles. The maximum atomic E-state index is 15.1. The van der Waals surface area contributed by atoms with Gasteiger partial charge in [0.15, 0.2) is 5.78 Å². The van der Waals surface area contributed by atoms with Crippen LogP contribution in [0, 0.1) is 5.82 Å². The Balaban J connectivity index is 1.34. The van der Waals surface area contributed by atoms with Crippen LogP contribution < -0.4 is 0 Å². The number of aromatic nitrogens is 5. The zero-order chi connectivity index (χ0) is 25.4. The number of fused-ring (bicyclic) bond motifs is 1. The minimum absolute atomic E-state index is 0.00620. The monoisotopic (exact) mass is 481 g/mol. The van der Waals surface area contributed by atoms with E-state index in [1.165, 1.54) is 18.0 Å². The standard InChI is InChI=1S/C29H28FN5O/c1-29(2,3)22-10-7-19(8-11-22)26(36)12-9-18-5-6-20(13-24(18)30)27-23-14-25(21-15-33-35(4)16-21)34-28(23)32-17-31-27/h5-8,10-11,13-17H,9,12H2,1-4H3,(H,31,32,34). The number of Topliss-reactive ketones (excluding diaryl/α,β-unsaturated/α-hetero) is 1. The first kappa shape index (κ1) is 23.6. The number of aromatic amines is 1. The topological polar surface area (TPSA) is 76.5 Å². The number of carbonyl (C=O) groups excluding carboxylic acids is 1. The molecule has 0 spiro atoms. The molecule has 0 fully saturated rings. The minimum Gasteiger partial charge on any atom is -0.339 e. The number of H-pyrrole nitrogens is 1. The number of ketones is 1. The SMILES string of the molecule is Cn1cc(-c2cc3c(-c4ccc(CCC(=O)c5ccc(C(C)(C)C)cc5)c(F)c4)ncnc3[nH]2)cn1. The molecular weight excluding hydrogens is 453 g/mol. The number of benzene rings is 2. The van der Waals surface area contributed by atoms with Gasteiger partial charge in [-0.05, 0) is 35.1 Å². The highest BCUT2D eigenvalue weighted by molar-refractivity contribution is 5.96. The van der Waals surface area contributed by atoms with Crippen molar-refractivity contribution in [3.05, 3.63) is 89.8 Å². The van der Waals surface area contributed by atoms with Crippen molar-refractivity contribution < 1.29 is 9.18 Å². The molecule has 0 atom stereocenters. The molecule has 0 aliphatic carbocycles. The van der Waals surface area contributed by atoms with Crippen molar-refractivity contribution in [1.29, 1.82) is 0 Å². The molecule has 182 valence electrons. The van der Waals surface area contributed by atoms with Gasteiger partial charge in [0.1, 0.15) is 17.8 Å². The number of aryl methyl sites for hydroxylation is 2. The molecular formula is C29H28FN5O. The van der Waals surface area contributed by atoms with E-state index in [1.54, 1.807) is 16.9 Å². The zero-order valence-electron chi connectivity index (χ0n) is 20.8. The van der Waals surface area contributed by atoms with Crippen LogP contribution in [0.25, 0.3) is 33.5 Å². The summed E-state index contributed by atoms with van der Waals surface area (Å²) in [5, 5.41) is 5.02. The van der Waals surface area contributed by atoms with Crippen molar-refractivity contribution in [3.8, 4) is 22.5 Å². The fourth-order valence-electron chi connectivity index (χ4n) is 4.33. The van der Waals surface area contributed by atoms with Crippen LogP contribution in [0.4, 0.5) is 4.39 Å². The number of nitrogens with zero attached hydrogens (tertiary/aromatic N) is 4. The largest absolute Gasteiger partial charge is 0.339 e. The van der Waals surface area contributed by atoms with Gasteiger partial charge >= 0.3 is 0 Å². The summed E-state index contributed by atoms with van der Waals surface area (Å²) in [5.74, 6) is -0.343. The van der Waals surface area contributed by atoms with E-state index < -0.39 is 0 Å². The Kier molecular flexibility index (Phi) is 6.00. The second kappa shape index (κ2) is 9.15. The predicted octanol–water partition coefficient (Wildman–Crippen LogP) is 6.28. The molecule has 0 bridgehead atoms. The van der Waals surface area contributed by atoms with Gasteiger partial charge in [0.2, 0.25) is 0 Å². The van der Waals surface area contributed by atoms with Crippen LogP contribution in [0.3, 0.4) is 0 Å². The summed E-state index contributed by atoms with van der Waals surface area (Å²) in [6.07, 6.45) is 5.73. The van der Waals surface area contributed by atoms with Gasteiger partial charge in [0, 0.05) is 41.7 Å². The fraction of sp³-hybridized carbons (Fsp3) is 0.241. The normalized spacial score (nSPS) is 11.8. The van der Waals surface area contributed by atoms with Gasteiger partial charge in [-0.3, -0.25) is 9.48 Å². The highest BCUT2D eigenvalue weighted by atomic mass is 19.1. The van der Waals surface area contributed by atoms with Gasteiger partial charge < -0.3 is 4.98 Å². The molecule has 0 unspecified atom stereocenters. The summed E-state index contributed by atoms with van der Waals surface area (Å²) in [5.41, 5.74) is 6.14. The molecule has 0 saturated heterocycles. The van der Waals surface area contributed by atoms with Crippen molar-refractivity contribution >= 4 is 16.8 Å². The first-order valence-electron chi connectivity index (χ1n) is 11.9. The van der Waals surface area contributed by atoms with Crippen molar-refractivity contribution in [2.75, 3.05) is 0 Å². The Hall–Kier alpha value is -4.13. The smallest absolute Gasteiger partial charge is 0.163 e. The molecule has 3 heterocycles. The summed E-state index contributed by atoms with van der Waals surface area (Å²) in [6, 6.07) is 14.7. The molecule has 0 radical (unpaired) electrons. The first-order chi connectivity index (χ1) is 17.2. The molecule has 6 nitrogen and oxygen atoms in total. The highest BCUT2D eigenvalue weighted by Gasteiger charge is 2.16. The van der Waals surface area contributed by atoms with Crippen LogP contribution in [0.15, 0.2) is 67.3 Å². The summed E-state index contributed by atoms with van der Waals surface area (Å²) in [6.45, 7) is 6.41. The Labute approximate surface area is 209 Å². The third-order valence-electron chi connectivity index (χ3n) is 6.46. The summed E-state index contributed by atoms with van der Waals surface area (Å²) >= 11 is 0. The van der Waals surface area contributed by atoms with Gasteiger partial charge in [-0.25, -0.2) is 14.4 Å². The lowest BCUT2D eigenvalue weighted by Crippen LogP contribution is -2.11. The van der Waals surface area contributed by atoms with Gasteiger partial charge in [-0.1, -0.05) is 57.2 Å². The molecule has 0 amide bonds. The van der Waals surface area contributed by atoms with E-state index >= 15 is 4.39 Å². The van der Waals surface area contributed by atoms with E-state index in [2.05, 4.69) is 40.8 Å². The Morgan fingerprint density at radius 3 is 2.47 bits per heavy atom. The Bertz CT molecular complexity index is 1560. The molecule has 5 aromatic rings. The van der Waals surface area contributed by atoms with E-state index in [1.807, 2.05) is 49.6 Å². The van der Waals surface area contributed by atoms with Crippen LogP contribution in [-0.2, 0) is 18.9 Å². The van der Waals surface area contributed by atoms with Crippen LogP contribution in [0.1, 0.15) is 48.7 Å². The lowest BCUT2D eigenvalue weighted by atomic mass is 9.86. The van der Waals surface area contributed by atoms with Gasteiger partial charge in [-0.15, -0.1) is 0 Å². The van der Waals surface area contributed by atoms with E-state index in [4.69, 9.17) is 0 Å². The third-order valence-corrected chi connectivity index (χ3v) is 6.46. The number of hydrogen-bond donors (Lipinski definition) is 1. The van der Waals surface area contributed by atoms with Crippen LogP contribution in [0.5, 0.6) is 0 Å². The maximum absolute atomic E-state index is 15.1. The average molecular weight is 482 g/mol. The molecule has 0 saturated carbocycles. The summed E-state index contributed by atoms with van der Waals surface area (Å²) in [4.78, 5) is 24.7. The predicted molar refractivity (Wildman–Crippen MR) is 139 cm³/mol. The van der Waals surface area contributed by atoms with Crippen molar-refractivity contribution in [1.82, 2.24) is 24.7 Å². The van der Waals surface area contributed by atoms with E-state index in [0.29, 0.717) is 34.5 Å². The number of carbonyl (C=O) groups is 1. The van der Waals surface area contributed by atoms with Gasteiger partial charge in [0.05, 0.1) is 17.6 Å². The number of hydrogen-bond acceptors (Lipinski definition) is 4. The van der Waals surface area contributed by atoms with Crippen LogP contribution in [0.2, 0.25) is 0 Å². The lowest BCUT2D eigenvalue weighted by Gasteiger charge is -2.19. The average Bonchev–Trinajstić information content (AvgIpc) is 3.48. The number of halogens is 1.